The van der Waals surface area contributed by atoms with Gasteiger partial charge >= 0.3 is 0 Å². The molecule has 0 aromatic carbocycles. The minimum atomic E-state index is -0.265. The Hall–Kier alpha value is -1.07. The summed E-state index contributed by atoms with van der Waals surface area (Å²) in [4.78, 5) is 14.0. The van der Waals surface area contributed by atoms with Crippen LogP contribution in [0.5, 0.6) is 0 Å². The van der Waals surface area contributed by atoms with Crippen LogP contribution >= 0.6 is 11.6 Å². The van der Waals surface area contributed by atoms with E-state index in [-0.39, 0.29) is 10.6 Å². The van der Waals surface area contributed by atoms with Gasteiger partial charge in [-0.15, -0.1) is 0 Å². The fourth-order valence-corrected chi connectivity index (χ4v) is 2.46. The lowest BCUT2D eigenvalue weighted by Crippen LogP contribution is -2.44. The summed E-state index contributed by atoms with van der Waals surface area (Å²) in [6, 6.07) is 0.929. The number of nitrogens with zero attached hydrogens (tertiary/aromatic N) is 3. The molecule has 1 N–H and O–H groups in total. The molecule has 2 atom stereocenters. The van der Waals surface area contributed by atoms with Crippen LogP contribution in [0.4, 0.5) is 5.69 Å². The van der Waals surface area contributed by atoms with Gasteiger partial charge in [0.05, 0.1) is 11.9 Å². The molecule has 1 aliphatic heterocycles. The Balaban J connectivity index is 2.11. The van der Waals surface area contributed by atoms with Crippen LogP contribution in [0.25, 0.3) is 0 Å². The summed E-state index contributed by atoms with van der Waals surface area (Å²) in [5, 5.41) is 7.52. The van der Waals surface area contributed by atoms with Crippen molar-refractivity contribution in [3.63, 3.8) is 0 Å². The van der Waals surface area contributed by atoms with E-state index in [0.717, 1.165) is 19.4 Å². The van der Waals surface area contributed by atoms with Gasteiger partial charge in [0, 0.05) is 25.7 Å². The van der Waals surface area contributed by atoms with Crippen molar-refractivity contribution in [1.82, 2.24) is 14.7 Å². The summed E-state index contributed by atoms with van der Waals surface area (Å²) in [6.07, 6.45) is 3.84. The number of nitrogens with one attached hydrogen (secondary N) is 1. The van der Waals surface area contributed by atoms with Crippen LogP contribution in [0.1, 0.15) is 19.8 Å². The minimum Gasteiger partial charge on any atom is -0.378 e. The zero-order valence-corrected chi connectivity index (χ0v) is 11.7. The quantitative estimate of drug-likeness (QED) is 0.881. The van der Waals surface area contributed by atoms with Crippen LogP contribution in [-0.4, -0.2) is 40.4 Å². The number of anilines is 1. The van der Waals surface area contributed by atoms with Gasteiger partial charge in [0.1, 0.15) is 5.02 Å². The van der Waals surface area contributed by atoms with Gasteiger partial charge in [0.15, 0.2) is 0 Å². The summed E-state index contributed by atoms with van der Waals surface area (Å²) in [5.74, 6) is 0. The third-order valence-electron chi connectivity index (χ3n) is 3.63. The van der Waals surface area contributed by atoms with E-state index >= 15 is 0 Å². The number of likely N-dealkylation sites (tertiary alicyclic amines) is 1. The van der Waals surface area contributed by atoms with Crippen LogP contribution in [0.2, 0.25) is 5.02 Å². The molecule has 0 unspecified atom stereocenters. The Morgan fingerprint density at radius 3 is 2.83 bits per heavy atom. The van der Waals surface area contributed by atoms with E-state index in [4.69, 9.17) is 11.6 Å². The molecule has 0 spiro atoms. The van der Waals surface area contributed by atoms with E-state index < -0.39 is 0 Å². The highest BCUT2D eigenvalue weighted by atomic mass is 35.5. The summed E-state index contributed by atoms with van der Waals surface area (Å²) in [7, 11) is 3.70. The van der Waals surface area contributed by atoms with Crippen LogP contribution < -0.4 is 10.9 Å². The van der Waals surface area contributed by atoms with Gasteiger partial charge in [-0.05, 0) is 26.8 Å². The second-order valence-electron chi connectivity index (χ2n) is 5.01. The number of hydrogen-bond donors (Lipinski definition) is 1. The van der Waals surface area contributed by atoms with Crippen molar-refractivity contribution in [2.75, 3.05) is 18.9 Å². The maximum absolute atomic E-state index is 11.7. The standard InChI is InChI=1S/C12H19ClN4O/c1-8-4-5-9(7-16(8)2)15-10-6-14-17(3)12(18)11(10)13/h6,8-9,15H,4-5,7H2,1-3H3/t8-,9-/m0/s1. The van der Waals surface area contributed by atoms with E-state index in [1.165, 1.54) is 4.68 Å². The number of halogens is 1. The third-order valence-corrected chi connectivity index (χ3v) is 4.00. The van der Waals surface area contributed by atoms with Gasteiger partial charge in [0.2, 0.25) is 0 Å². The minimum absolute atomic E-state index is 0.216. The third kappa shape index (κ3) is 2.67. The molecule has 0 aliphatic carbocycles. The van der Waals surface area contributed by atoms with E-state index in [9.17, 15) is 4.79 Å². The Morgan fingerprint density at radius 2 is 2.17 bits per heavy atom. The zero-order valence-electron chi connectivity index (χ0n) is 11.0. The van der Waals surface area contributed by atoms with Gasteiger partial charge < -0.3 is 10.2 Å². The maximum Gasteiger partial charge on any atom is 0.287 e. The van der Waals surface area contributed by atoms with Crippen molar-refractivity contribution < 1.29 is 0 Å². The average Bonchev–Trinajstić information content (AvgIpc) is 2.34. The first-order chi connectivity index (χ1) is 8.49. The fraction of sp³-hybridized carbons (Fsp3) is 0.667. The molecule has 0 bridgehead atoms. The van der Waals surface area contributed by atoms with Gasteiger partial charge in [-0.25, -0.2) is 4.68 Å². The van der Waals surface area contributed by atoms with Crippen molar-refractivity contribution in [2.45, 2.75) is 31.8 Å². The molecule has 0 radical (unpaired) electrons. The molecular formula is C12H19ClN4O. The lowest BCUT2D eigenvalue weighted by Gasteiger charge is -2.36. The average molecular weight is 271 g/mol. The van der Waals surface area contributed by atoms with Gasteiger partial charge in [-0.2, -0.15) is 5.10 Å². The molecule has 2 rings (SSSR count). The smallest absolute Gasteiger partial charge is 0.287 e. The number of rotatable bonds is 2. The molecule has 1 aliphatic rings. The van der Waals surface area contributed by atoms with Crippen molar-refractivity contribution in [3.05, 3.63) is 21.6 Å². The lowest BCUT2D eigenvalue weighted by molar-refractivity contribution is 0.188. The molecule has 0 saturated carbocycles. The largest absolute Gasteiger partial charge is 0.378 e. The van der Waals surface area contributed by atoms with Crippen LogP contribution in [0.15, 0.2) is 11.0 Å². The molecule has 1 saturated heterocycles. The van der Waals surface area contributed by atoms with Crippen molar-refractivity contribution in [1.29, 1.82) is 0 Å². The molecule has 1 aromatic rings. The molecular weight excluding hydrogens is 252 g/mol. The Bertz CT molecular complexity index is 487. The van der Waals surface area contributed by atoms with Crippen LogP contribution in [0, 0.1) is 0 Å². The highest BCUT2D eigenvalue weighted by Crippen LogP contribution is 2.21. The Morgan fingerprint density at radius 1 is 1.44 bits per heavy atom. The van der Waals surface area contributed by atoms with Crippen molar-refractivity contribution in [2.24, 2.45) is 7.05 Å². The summed E-state index contributed by atoms with van der Waals surface area (Å²) in [6.45, 7) is 3.18. The molecule has 2 heterocycles. The number of likely N-dealkylation sites (N-methyl/N-ethyl adjacent to an activating group) is 1. The molecule has 0 amide bonds. The van der Waals surface area contributed by atoms with Crippen LogP contribution in [0.3, 0.4) is 0 Å². The number of aromatic nitrogens is 2. The van der Waals surface area contributed by atoms with E-state index in [1.807, 2.05) is 0 Å². The highest BCUT2D eigenvalue weighted by molar-refractivity contribution is 6.32. The Labute approximate surface area is 112 Å². The zero-order chi connectivity index (χ0) is 13.3. The first-order valence-electron chi connectivity index (χ1n) is 6.17. The lowest BCUT2D eigenvalue weighted by atomic mass is 10.00. The van der Waals surface area contributed by atoms with E-state index in [2.05, 4.69) is 29.3 Å². The number of hydrogen-bond acceptors (Lipinski definition) is 4. The number of piperidine rings is 1. The maximum atomic E-state index is 11.7. The molecule has 18 heavy (non-hydrogen) atoms. The SMILES string of the molecule is C[C@H]1CC[C@H](Nc2cnn(C)c(=O)c2Cl)CN1C. The highest BCUT2D eigenvalue weighted by Gasteiger charge is 2.23. The first kappa shape index (κ1) is 13.4. The fourth-order valence-electron chi connectivity index (χ4n) is 2.23. The molecule has 1 aromatic heterocycles. The normalized spacial score (nSPS) is 25.1. The second-order valence-corrected chi connectivity index (χ2v) is 5.39. The van der Waals surface area contributed by atoms with E-state index in [1.54, 1.807) is 13.2 Å². The predicted molar refractivity (Wildman–Crippen MR) is 73.2 cm³/mol. The van der Waals surface area contributed by atoms with Crippen molar-refractivity contribution in [3.8, 4) is 0 Å². The first-order valence-corrected chi connectivity index (χ1v) is 6.55. The van der Waals surface area contributed by atoms with Crippen molar-refractivity contribution >= 4 is 17.3 Å². The molecule has 5 nitrogen and oxygen atoms in total. The van der Waals surface area contributed by atoms with Gasteiger partial charge in [-0.1, -0.05) is 11.6 Å². The molecule has 100 valence electrons. The van der Waals surface area contributed by atoms with E-state index in [0.29, 0.717) is 17.8 Å². The topological polar surface area (TPSA) is 50.2 Å². The van der Waals surface area contributed by atoms with Crippen LogP contribution in [-0.2, 0) is 7.05 Å². The molecule has 1 fully saturated rings. The van der Waals surface area contributed by atoms with Gasteiger partial charge in [-0.3, -0.25) is 4.79 Å². The summed E-state index contributed by atoms with van der Waals surface area (Å²) >= 11 is 6.03. The molecule has 6 heteroatoms. The van der Waals surface area contributed by atoms with Gasteiger partial charge in [0.25, 0.3) is 5.56 Å². The summed E-state index contributed by atoms with van der Waals surface area (Å²) in [5.41, 5.74) is 0.368. The Kier molecular flexibility index (Phi) is 3.92. The predicted octanol–water partition coefficient (Wildman–Crippen LogP) is 1.33. The number of aryl methyl sites for hydroxylation is 1. The second kappa shape index (κ2) is 5.28. The summed E-state index contributed by atoms with van der Waals surface area (Å²) < 4.78 is 1.24. The monoisotopic (exact) mass is 270 g/mol.